The molecule has 0 bridgehead atoms. The van der Waals surface area contributed by atoms with Gasteiger partial charge in [-0.25, -0.2) is 0 Å². The number of rotatable bonds is 4. The Kier molecular flexibility index (Phi) is 4.80. The van der Waals surface area contributed by atoms with Crippen molar-refractivity contribution >= 4 is 15.9 Å². The minimum Gasteiger partial charge on any atom is -0.363 e. The normalized spacial score (nSPS) is 13.8. The highest BCUT2D eigenvalue weighted by molar-refractivity contribution is 9.09. The first-order valence-corrected chi connectivity index (χ1v) is 5.85. The fourth-order valence-corrected chi connectivity index (χ4v) is 1.86. The van der Waals surface area contributed by atoms with E-state index >= 15 is 0 Å². The molecule has 90 valence electrons. The van der Waals surface area contributed by atoms with Gasteiger partial charge in [-0.05, 0) is 12.5 Å². The molecule has 1 unspecified atom stereocenters. The zero-order valence-electron chi connectivity index (χ0n) is 8.72. The number of benzene rings is 1. The molecule has 0 heterocycles. The van der Waals surface area contributed by atoms with Crippen molar-refractivity contribution in [3.8, 4) is 0 Å². The molecule has 1 aromatic rings. The van der Waals surface area contributed by atoms with Gasteiger partial charge in [-0.15, -0.1) is 0 Å². The fraction of sp³-hybridized carbons (Fsp3) is 0.455. The average Bonchev–Trinajstić information content (AvgIpc) is 2.17. The highest BCUT2D eigenvalue weighted by atomic mass is 79.9. The van der Waals surface area contributed by atoms with Crippen LogP contribution in [0.1, 0.15) is 17.2 Å². The van der Waals surface area contributed by atoms with E-state index in [2.05, 4.69) is 15.9 Å². The summed E-state index contributed by atoms with van der Waals surface area (Å²) in [5.41, 5.74) is 1.75. The molecule has 0 amide bonds. The molecule has 0 aliphatic heterocycles. The zero-order chi connectivity index (χ0) is 12.2. The molecule has 0 aromatic heterocycles. The van der Waals surface area contributed by atoms with Gasteiger partial charge in [0.2, 0.25) is 0 Å². The Morgan fingerprint density at radius 3 is 2.56 bits per heavy atom. The lowest BCUT2D eigenvalue weighted by Crippen LogP contribution is -2.20. The summed E-state index contributed by atoms with van der Waals surface area (Å²) < 4.78 is 40.8. The van der Waals surface area contributed by atoms with Gasteiger partial charge in [-0.1, -0.05) is 45.8 Å². The summed E-state index contributed by atoms with van der Waals surface area (Å²) in [6.45, 7) is 0.662. The quantitative estimate of drug-likeness (QED) is 0.763. The van der Waals surface area contributed by atoms with Crippen LogP contribution in [0.4, 0.5) is 13.2 Å². The maximum absolute atomic E-state index is 12.0. The van der Waals surface area contributed by atoms with E-state index in [9.17, 15) is 13.2 Å². The molecule has 5 heteroatoms. The van der Waals surface area contributed by atoms with Gasteiger partial charge in [0.05, 0.1) is 6.10 Å². The van der Waals surface area contributed by atoms with Gasteiger partial charge in [0.15, 0.2) is 0 Å². The van der Waals surface area contributed by atoms with E-state index in [1.807, 2.05) is 19.1 Å². The first-order valence-electron chi connectivity index (χ1n) is 4.73. The molecule has 0 aliphatic carbocycles. The van der Waals surface area contributed by atoms with Gasteiger partial charge in [-0.3, -0.25) is 0 Å². The first kappa shape index (κ1) is 13.5. The van der Waals surface area contributed by atoms with E-state index in [1.165, 1.54) is 0 Å². The molecule has 0 aliphatic rings. The molecule has 0 saturated carbocycles. The summed E-state index contributed by atoms with van der Waals surface area (Å²) in [5.74, 6) is 0. The third-order valence-corrected chi connectivity index (χ3v) is 2.59. The highest BCUT2D eigenvalue weighted by Gasteiger charge is 2.29. The zero-order valence-corrected chi connectivity index (χ0v) is 10.3. The summed E-state index contributed by atoms with van der Waals surface area (Å²) in [6.07, 6.45) is -4.86. The minimum atomic E-state index is -4.29. The molecule has 0 saturated heterocycles. The Bertz CT molecular complexity index is 338. The predicted molar refractivity (Wildman–Crippen MR) is 59.7 cm³/mol. The van der Waals surface area contributed by atoms with Gasteiger partial charge >= 0.3 is 6.18 Å². The number of ether oxygens (including phenoxy) is 1. The van der Waals surface area contributed by atoms with Crippen LogP contribution in [0.5, 0.6) is 0 Å². The Hall–Kier alpha value is -0.550. The second-order valence-corrected chi connectivity index (χ2v) is 4.13. The lowest BCUT2D eigenvalue weighted by atomic mass is 10.1. The summed E-state index contributed by atoms with van der Waals surface area (Å²) in [7, 11) is 0. The van der Waals surface area contributed by atoms with Crippen LogP contribution < -0.4 is 0 Å². The fourth-order valence-electron chi connectivity index (χ4n) is 1.30. The topological polar surface area (TPSA) is 9.23 Å². The highest BCUT2D eigenvalue weighted by Crippen LogP contribution is 2.24. The lowest BCUT2D eigenvalue weighted by molar-refractivity contribution is -0.183. The molecule has 0 radical (unpaired) electrons. The Balaban J connectivity index is 2.68. The average molecular weight is 297 g/mol. The van der Waals surface area contributed by atoms with Crippen LogP contribution in [-0.2, 0) is 4.74 Å². The van der Waals surface area contributed by atoms with Crippen molar-refractivity contribution < 1.29 is 17.9 Å². The van der Waals surface area contributed by atoms with Crippen LogP contribution in [0.15, 0.2) is 24.3 Å². The van der Waals surface area contributed by atoms with E-state index in [1.54, 1.807) is 12.1 Å². The number of halogens is 4. The van der Waals surface area contributed by atoms with Crippen LogP contribution in [0.2, 0.25) is 0 Å². The molecular formula is C11H12BrF3O. The van der Waals surface area contributed by atoms with Crippen LogP contribution in [0, 0.1) is 6.92 Å². The molecule has 0 fully saturated rings. The van der Waals surface area contributed by atoms with E-state index in [0.717, 1.165) is 11.1 Å². The van der Waals surface area contributed by atoms with Crippen LogP contribution in [0.25, 0.3) is 0 Å². The van der Waals surface area contributed by atoms with Crippen molar-refractivity contribution in [1.29, 1.82) is 0 Å². The molecule has 1 rings (SSSR count). The Morgan fingerprint density at radius 2 is 2.06 bits per heavy atom. The van der Waals surface area contributed by atoms with Crippen LogP contribution in [0.3, 0.4) is 0 Å². The maximum atomic E-state index is 12.0. The van der Waals surface area contributed by atoms with Crippen molar-refractivity contribution in [2.75, 3.05) is 11.9 Å². The minimum absolute atomic E-state index is 0.340. The van der Waals surface area contributed by atoms with Crippen molar-refractivity contribution in [3.05, 3.63) is 35.4 Å². The molecule has 16 heavy (non-hydrogen) atoms. The molecule has 1 nitrogen and oxygen atoms in total. The number of alkyl halides is 4. The van der Waals surface area contributed by atoms with Gasteiger partial charge in [0.25, 0.3) is 0 Å². The second kappa shape index (κ2) is 5.68. The molecule has 1 atom stereocenters. The van der Waals surface area contributed by atoms with Crippen LogP contribution in [-0.4, -0.2) is 18.1 Å². The maximum Gasteiger partial charge on any atom is 0.411 e. The van der Waals surface area contributed by atoms with Gasteiger partial charge in [0, 0.05) is 5.33 Å². The monoisotopic (exact) mass is 296 g/mol. The number of hydrogen-bond acceptors (Lipinski definition) is 1. The standard InChI is InChI=1S/C11H12BrF3O/c1-8-3-2-4-9(5-8)10(6-12)16-7-11(13,14)15/h2-5,10H,6-7H2,1H3. The Labute approximate surface area is 101 Å². The third-order valence-electron chi connectivity index (χ3n) is 2.00. The lowest BCUT2D eigenvalue weighted by Gasteiger charge is -2.17. The predicted octanol–water partition coefficient (Wildman–Crippen LogP) is 4.01. The van der Waals surface area contributed by atoms with Gasteiger partial charge < -0.3 is 4.74 Å². The van der Waals surface area contributed by atoms with Crippen molar-refractivity contribution in [2.24, 2.45) is 0 Å². The number of aryl methyl sites for hydroxylation is 1. The summed E-state index contributed by atoms with van der Waals surface area (Å²) in [5, 5.41) is 0.340. The number of hydrogen-bond donors (Lipinski definition) is 0. The van der Waals surface area contributed by atoms with Gasteiger partial charge in [0.1, 0.15) is 6.61 Å². The van der Waals surface area contributed by atoms with Gasteiger partial charge in [-0.2, -0.15) is 13.2 Å². The first-order chi connectivity index (χ1) is 7.42. The largest absolute Gasteiger partial charge is 0.411 e. The van der Waals surface area contributed by atoms with E-state index in [-0.39, 0.29) is 0 Å². The molecule has 1 aromatic carbocycles. The van der Waals surface area contributed by atoms with E-state index in [0.29, 0.717) is 5.33 Å². The summed E-state index contributed by atoms with van der Waals surface area (Å²) >= 11 is 3.15. The third kappa shape index (κ3) is 4.53. The van der Waals surface area contributed by atoms with Crippen molar-refractivity contribution in [1.82, 2.24) is 0 Å². The van der Waals surface area contributed by atoms with Crippen LogP contribution >= 0.6 is 15.9 Å². The summed E-state index contributed by atoms with van der Waals surface area (Å²) in [6, 6.07) is 7.27. The SMILES string of the molecule is Cc1cccc(C(CBr)OCC(F)(F)F)c1. The molecular weight excluding hydrogens is 285 g/mol. The van der Waals surface area contributed by atoms with Crippen molar-refractivity contribution in [2.45, 2.75) is 19.2 Å². The van der Waals surface area contributed by atoms with E-state index < -0.39 is 18.9 Å². The second-order valence-electron chi connectivity index (χ2n) is 3.48. The molecule has 0 spiro atoms. The Morgan fingerprint density at radius 1 is 1.38 bits per heavy atom. The smallest absolute Gasteiger partial charge is 0.363 e. The summed E-state index contributed by atoms with van der Waals surface area (Å²) in [4.78, 5) is 0. The molecule has 0 N–H and O–H groups in total. The van der Waals surface area contributed by atoms with Crippen molar-refractivity contribution in [3.63, 3.8) is 0 Å². The van der Waals surface area contributed by atoms with E-state index in [4.69, 9.17) is 4.74 Å².